The molecule has 90 valence electrons. The number of nitrogens with one attached hydrogen (secondary N) is 1. The van der Waals surface area contributed by atoms with Crippen molar-refractivity contribution in [2.45, 2.75) is 24.7 Å². The largest absolute Gasteiger partial charge is 0.330 e. The average molecular weight is 242 g/mol. The summed E-state index contributed by atoms with van der Waals surface area (Å²) in [7, 11) is -3.35. The van der Waals surface area contributed by atoms with Crippen LogP contribution in [0.25, 0.3) is 0 Å². The highest BCUT2D eigenvalue weighted by Crippen LogP contribution is 2.09. The standard InChI is InChI=1S/C11H18N2O2S/c1-10-4-6-11(7-5-10)16(14,15)13-9-3-2-8-12/h4-7,13H,2-3,8-9,12H2,1H3. The maximum absolute atomic E-state index is 11.8. The van der Waals surface area contributed by atoms with E-state index in [0.717, 1.165) is 18.4 Å². The van der Waals surface area contributed by atoms with E-state index in [1.54, 1.807) is 24.3 Å². The topological polar surface area (TPSA) is 72.2 Å². The Bertz CT molecular complexity index is 412. The maximum atomic E-state index is 11.8. The van der Waals surface area contributed by atoms with Crippen molar-refractivity contribution in [3.05, 3.63) is 29.8 Å². The number of unbranched alkanes of at least 4 members (excludes halogenated alkanes) is 1. The van der Waals surface area contributed by atoms with Crippen LogP contribution in [0.5, 0.6) is 0 Å². The van der Waals surface area contributed by atoms with E-state index >= 15 is 0 Å². The van der Waals surface area contributed by atoms with E-state index in [4.69, 9.17) is 5.73 Å². The fourth-order valence-corrected chi connectivity index (χ4v) is 2.35. The Kier molecular flexibility index (Phi) is 4.92. The molecule has 1 aromatic carbocycles. The van der Waals surface area contributed by atoms with Crippen LogP contribution in [-0.4, -0.2) is 21.5 Å². The molecule has 1 rings (SSSR count). The van der Waals surface area contributed by atoms with Crippen molar-refractivity contribution in [1.29, 1.82) is 0 Å². The molecule has 1 aromatic rings. The van der Waals surface area contributed by atoms with Crippen LogP contribution in [0.3, 0.4) is 0 Å². The van der Waals surface area contributed by atoms with Gasteiger partial charge in [0.05, 0.1) is 4.90 Å². The first kappa shape index (κ1) is 13.2. The number of aryl methyl sites for hydroxylation is 1. The summed E-state index contributed by atoms with van der Waals surface area (Å²) in [4.78, 5) is 0.311. The minimum Gasteiger partial charge on any atom is -0.330 e. The number of sulfonamides is 1. The molecule has 0 fully saturated rings. The molecule has 0 heterocycles. The molecule has 0 saturated carbocycles. The van der Waals surface area contributed by atoms with Crippen LogP contribution in [0, 0.1) is 6.92 Å². The van der Waals surface area contributed by atoms with Crippen molar-refractivity contribution in [2.75, 3.05) is 13.1 Å². The molecule has 0 radical (unpaired) electrons. The summed E-state index contributed by atoms with van der Waals surface area (Å²) in [6.07, 6.45) is 1.60. The lowest BCUT2D eigenvalue weighted by atomic mass is 10.2. The third kappa shape index (κ3) is 3.92. The fourth-order valence-electron chi connectivity index (χ4n) is 1.28. The SMILES string of the molecule is Cc1ccc(S(=O)(=O)NCCCCN)cc1. The zero-order valence-corrected chi connectivity index (χ0v) is 10.3. The second kappa shape index (κ2) is 5.98. The zero-order chi connectivity index (χ0) is 12.0. The Labute approximate surface area is 96.9 Å². The maximum Gasteiger partial charge on any atom is 0.240 e. The first-order valence-corrected chi connectivity index (χ1v) is 6.81. The van der Waals surface area contributed by atoms with E-state index in [9.17, 15) is 8.42 Å². The summed E-state index contributed by atoms with van der Waals surface area (Å²) in [5.74, 6) is 0. The van der Waals surface area contributed by atoms with Crippen molar-refractivity contribution < 1.29 is 8.42 Å². The molecule has 0 aliphatic heterocycles. The van der Waals surface area contributed by atoms with Gasteiger partial charge in [0.1, 0.15) is 0 Å². The van der Waals surface area contributed by atoms with Crippen LogP contribution >= 0.6 is 0 Å². The van der Waals surface area contributed by atoms with E-state index in [-0.39, 0.29) is 0 Å². The van der Waals surface area contributed by atoms with Crippen molar-refractivity contribution >= 4 is 10.0 Å². The zero-order valence-electron chi connectivity index (χ0n) is 9.44. The first-order chi connectivity index (χ1) is 7.56. The van der Waals surface area contributed by atoms with Crippen LogP contribution in [-0.2, 0) is 10.0 Å². The van der Waals surface area contributed by atoms with Crippen molar-refractivity contribution in [1.82, 2.24) is 4.72 Å². The summed E-state index contributed by atoms with van der Waals surface area (Å²) in [6, 6.07) is 6.80. The second-order valence-corrected chi connectivity index (χ2v) is 5.47. The predicted octanol–water partition coefficient (Wildman–Crippen LogP) is 1.01. The van der Waals surface area contributed by atoms with Gasteiger partial charge in [0, 0.05) is 6.54 Å². The molecule has 0 atom stereocenters. The second-order valence-electron chi connectivity index (χ2n) is 3.71. The molecule has 0 aromatic heterocycles. The third-order valence-electron chi connectivity index (χ3n) is 2.25. The number of hydrogen-bond donors (Lipinski definition) is 2. The molecular formula is C11H18N2O2S. The highest BCUT2D eigenvalue weighted by atomic mass is 32.2. The summed E-state index contributed by atoms with van der Waals surface area (Å²) in [6.45, 7) is 2.95. The number of hydrogen-bond acceptors (Lipinski definition) is 3. The molecule has 5 heteroatoms. The van der Waals surface area contributed by atoms with E-state index < -0.39 is 10.0 Å². The first-order valence-electron chi connectivity index (χ1n) is 5.32. The van der Waals surface area contributed by atoms with E-state index in [2.05, 4.69) is 4.72 Å². The Balaban J connectivity index is 2.60. The molecule has 3 N–H and O–H groups in total. The summed E-state index contributed by atoms with van der Waals surface area (Å²) >= 11 is 0. The van der Waals surface area contributed by atoms with Crippen LogP contribution in [0.4, 0.5) is 0 Å². The lowest BCUT2D eigenvalue weighted by molar-refractivity contribution is 0.577. The highest BCUT2D eigenvalue weighted by molar-refractivity contribution is 7.89. The Hall–Kier alpha value is -0.910. The number of benzene rings is 1. The molecular weight excluding hydrogens is 224 g/mol. The lowest BCUT2D eigenvalue weighted by Crippen LogP contribution is -2.25. The molecule has 16 heavy (non-hydrogen) atoms. The van der Waals surface area contributed by atoms with Gasteiger partial charge in [-0.1, -0.05) is 17.7 Å². The van der Waals surface area contributed by atoms with Gasteiger partial charge in [-0.25, -0.2) is 13.1 Å². The van der Waals surface area contributed by atoms with Crippen LogP contribution in [0.1, 0.15) is 18.4 Å². The number of rotatable bonds is 6. The van der Waals surface area contributed by atoms with Gasteiger partial charge in [0.2, 0.25) is 10.0 Å². The van der Waals surface area contributed by atoms with Gasteiger partial charge < -0.3 is 5.73 Å². The summed E-state index contributed by atoms with van der Waals surface area (Å²) < 4.78 is 26.1. The van der Waals surface area contributed by atoms with Gasteiger partial charge in [-0.2, -0.15) is 0 Å². The molecule has 0 aliphatic carbocycles. The molecule has 4 nitrogen and oxygen atoms in total. The van der Waals surface area contributed by atoms with Crippen LogP contribution in [0.2, 0.25) is 0 Å². The van der Waals surface area contributed by atoms with E-state index in [1.165, 1.54) is 0 Å². The molecule has 0 amide bonds. The minimum atomic E-state index is -3.35. The molecule has 0 unspecified atom stereocenters. The van der Waals surface area contributed by atoms with Crippen molar-refractivity contribution in [3.8, 4) is 0 Å². The molecule has 0 bridgehead atoms. The number of nitrogens with two attached hydrogens (primary N) is 1. The Morgan fingerprint density at radius 2 is 1.81 bits per heavy atom. The van der Waals surface area contributed by atoms with Gasteiger partial charge >= 0.3 is 0 Å². The summed E-state index contributed by atoms with van der Waals surface area (Å²) in [5, 5.41) is 0. The molecule has 0 saturated heterocycles. The minimum absolute atomic E-state index is 0.311. The molecule has 0 spiro atoms. The quantitative estimate of drug-likeness (QED) is 0.731. The normalized spacial score (nSPS) is 11.6. The smallest absolute Gasteiger partial charge is 0.240 e. The van der Waals surface area contributed by atoms with Gasteiger partial charge in [-0.15, -0.1) is 0 Å². The Morgan fingerprint density at radius 1 is 1.19 bits per heavy atom. The summed E-state index contributed by atoms with van der Waals surface area (Å²) in [5.41, 5.74) is 6.37. The fraction of sp³-hybridized carbons (Fsp3) is 0.455. The highest BCUT2D eigenvalue weighted by Gasteiger charge is 2.11. The van der Waals surface area contributed by atoms with Crippen LogP contribution < -0.4 is 10.5 Å². The monoisotopic (exact) mass is 242 g/mol. The van der Waals surface area contributed by atoms with Gasteiger partial charge in [-0.05, 0) is 38.4 Å². The lowest BCUT2D eigenvalue weighted by Gasteiger charge is -2.06. The van der Waals surface area contributed by atoms with Gasteiger partial charge in [0.15, 0.2) is 0 Å². The van der Waals surface area contributed by atoms with Crippen molar-refractivity contribution in [2.24, 2.45) is 5.73 Å². The van der Waals surface area contributed by atoms with E-state index in [0.29, 0.717) is 18.0 Å². The predicted molar refractivity (Wildman–Crippen MR) is 64.7 cm³/mol. The van der Waals surface area contributed by atoms with Crippen molar-refractivity contribution in [3.63, 3.8) is 0 Å². The van der Waals surface area contributed by atoms with E-state index in [1.807, 2.05) is 6.92 Å². The van der Waals surface area contributed by atoms with Gasteiger partial charge in [-0.3, -0.25) is 0 Å². The average Bonchev–Trinajstić information content (AvgIpc) is 2.25. The third-order valence-corrected chi connectivity index (χ3v) is 3.73. The molecule has 0 aliphatic rings. The van der Waals surface area contributed by atoms with Gasteiger partial charge in [0.25, 0.3) is 0 Å². The van der Waals surface area contributed by atoms with Crippen LogP contribution in [0.15, 0.2) is 29.2 Å². The Morgan fingerprint density at radius 3 is 2.38 bits per heavy atom.